The molecule has 9 aromatic rings. The van der Waals surface area contributed by atoms with Crippen LogP contribution in [0.2, 0.25) is 0 Å². The summed E-state index contributed by atoms with van der Waals surface area (Å²) in [6.07, 6.45) is 11.8. The third kappa shape index (κ3) is 5.67. The van der Waals surface area contributed by atoms with Gasteiger partial charge in [-0.1, -0.05) is 170 Å². The Morgan fingerprint density at radius 1 is 0.459 bits per heavy atom. The molecule has 0 aliphatic heterocycles. The minimum atomic E-state index is 0.0926. The Labute approximate surface area is 359 Å². The molecule has 0 N–H and O–H groups in total. The zero-order valence-electron chi connectivity index (χ0n) is 34.7. The number of hydrogen-bond donors (Lipinski definition) is 0. The first-order chi connectivity index (χ1) is 30.2. The predicted octanol–water partition coefficient (Wildman–Crippen LogP) is 16.6. The molecule has 0 saturated heterocycles. The van der Waals surface area contributed by atoms with Crippen LogP contribution in [0.3, 0.4) is 0 Å². The first kappa shape index (κ1) is 35.9. The molecule has 0 heterocycles. The second kappa shape index (κ2) is 14.4. The predicted molar refractivity (Wildman–Crippen MR) is 259 cm³/mol. The maximum absolute atomic E-state index is 2.55. The van der Waals surface area contributed by atoms with Gasteiger partial charge in [-0.15, -0.1) is 0 Å². The lowest BCUT2D eigenvalue weighted by atomic mass is 9.76. The molecular weight excluding hydrogens is 735 g/mol. The maximum atomic E-state index is 2.55. The van der Waals surface area contributed by atoms with Gasteiger partial charge in [-0.25, -0.2) is 0 Å². The van der Waals surface area contributed by atoms with Gasteiger partial charge < -0.3 is 4.90 Å². The second-order valence-corrected chi connectivity index (χ2v) is 17.5. The van der Waals surface area contributed by atoms with Crippen LogP contribution in [0, 0.1) is 6.92 Å². The van der Waals surface area contributed by atoms with Crippen molar-refractivity contribution in [1.82, 2.24) is 0 Å². The number of nitrogens with zero attached hydrogens (tertiary/aromatic N) is 1. The average molecular weight is 782 g/mol. The van der Waals surface area contributed by atoms with E-state index in [1.54, 1.807) is 0 Å². The summed E-state index contributed by atoms with van der Waals surface area (Å²) in [6.45, 7) is 2.18. The fourth-order valence-corrected chi connectivity index (χ4v) is 11.4. The molecule has 1 spiro atoms. The summed E-state index contributed by atoms with van der Waals surface area (Å²) in [4.78, 5) is 2.52. The number of allylic oxidation sites excluding steroid dienone is 1. The van der Waals surface area contributed by atoms with Crippen molar-refractivity contribution in [3.63, 3.8) is 0 Å². The van der Waals surface area contributed by atoms with Crippen molar-refractivity contribution in [1.29, 1.82) is 0 Å². The van der Waals surface area contributed by atoms with E-state index in [2.05, 4.69) is 206 Å². The number of aryl methyl sites for hydroxylation is 2. The molecule has 0 amide bonds. The van der Waals surface area contributed by atoms with Gasteiger partial charge in [0.1, 0.15) is 0 Å². The molecule has 1 heteroatoms. The van der Waals surface area contributed by atoms with Gasteiger partial charge in [0.15, 0.2) is 0 Å². The fourth-order valence-electron chi connectivity index (χ4n) is 11.4. The van der Waals surface area contributed by atoms with E-state index in [1.807, 2.05) is 0 Å². The summed E-state index contributed by atoms with van der Waals surface area (Å²) in [7, 11) is 0. The second-order valence-electron chi connectivity index (χ2n) is 17.5. The first-order valence-electron chi connectivity index (χ1n) is 22.2. The van der Waals surface area contributed by atoms with Gasteiger partial charge in [0.25, 0.3) is 0 Å². The van der Waals surface area contributed by atoms with E-state index >= 15 is 0 Å². The molecule has 12 rings (SSSR count). The molecule has 1 nitrogen and oxygen atoms in total. The zero-order chi connectivity index (χ0) is 40.5. The van der Waals surface area contributed by atoms with E-state index in [4.69, 9.17) is 0 Å². The highest BCUT2D eigenvalue weighted by Gasteiger charge is 2.45. The van der Waals surface area contributed by atoms with Crippen molar-refractivity contribution in [2.75, 3.05) is 4.90 Å². The molecule has 3 aliphatic carbocycles. The molecule has 1 fully saturated rings. The van der Waals surface area contributed by atoms with Crippen molar-refractivity contribution in [3.8, 4) is 44.5 Å². The molecule has 0 aromatic heterocycles. The highest BCUT2D eigenvalue weighted by Crippen LogP contribution is 2.58. The quantitative estimate of drug-likeness (QED) is 0.152. The van der Waals surface area contributed by atoms with E-state index in [-0.39, 0.29) is 5.41 Å². The molecule has 292 valence electrons. The largest absolute Gasteiger partial charge is 0.310 e. The Morgan fingerprint density at radius 3 is 1.80 bits per heavy atom. The van der Waals surface area contributed by atoms with Crippen molar-refractivity contribution < 1.29 is 0 Å². The lowest BCUT2D eigenvalue weighted by Crippen LogP contribution is -2.21. The lowest BCUT2D eigenvalue weighted by molar-refractivity contribution is 0.550. The standard InChI is InChI=1S/C60H47N/c1-40-27-29-44(30-28-40)61(46-31-33-49-48-24-13-14-26-55(48)60(56(49)38-46)35-15-16-36-60)45-32-34-51-54(37-45)47-23-11-12-25-50(47)58-53(42-19-7-3-8-20-42)39-52(41-17-5-2-6-18-41)57(59(51)58)43-21-9-4-10-22-43/h2-10,12-14,17-22,24-34,37-39H,11,15-16,23,35-36H2,1H3. The Bertz CT molecular complexity index is 3170. The fraction of sp³-hybridized carbons (Fsp3) is 0.133. The Hall–Kier alpha value is -6.96. The molecule has 0 radical (unpaired) electrons. The van der Waals surface area contributed by atoms with Crippen LogP contribution < -0.4 is 4.90 Å². The highest BCUT2D eigenvalue weighted by atomic mass is 15.1. The Kier molecular flexibility index (Phi) is 8.46. The number of fused-ring (bicyclic) bond motifs is 11. The summed E-state index contributed by atoms with van der Waals surface area (Å²) in [6, 6.07) is 68.6. The lowest BCUT2D eigenvalue weighted by Gasteiger charge is -2.30. The molecule has 3 aliphatic rings. The van der Waals surface area contributed by atoms with E-state index in [1.165, 1.54) is 137 Å². The molecule has 61 heavy (non-hydrogen) atoms. The monoisotopic (exact) mass is 781 g/mol. The van der Waals surface area contributed by atoms with Gasteiger partial charge in [-0.2, -0.15) is 0 Å². The van der Waals surface area contributed by atoms with Gasteiger partial charge in [-0.3, -0.25) is 0 Å². The topological polar surface area (TPSA) is 3.24 Å². The molecule has 1 saturated carbocycles. The van der Waals surface area contributed by atoms with Gasteiger partial charge in [0.2, 0.25) is 0 Å². The van der Waals surface area contributed by atoms with Crippen LogP contribution in [0.15, 0.2) is 188 Å². The summed E-state index contributed by atoms with van der Waals surface area (Å²) in [5, 5.41) is 5.30. The van der Waals surface area contributed by atoms with Crippen molar-refractivity contribution in [2.45, 2.75) is 50.9 Å². The van der Waals surface area contributed by atoms with Gasteiger partial charge in [0, 0.05) is 22.5 Å². The van der Waals surface area contributed by atoms with Crippen molar-refractivity contribution in [3.05, 3.63) is 216 Å². The van der Waals surface area contributed by atoms with E-state index in [9.17, 15) is 0 Å². The normalized spacial score (nSPS) is 14.6. The molecule has 0 unspecified atom stereocenters. The molecule has 0 atom stereocenters. The van der Waals surface area contributed by atoms with Gasteiger partial charge in [-0.05, 0) is 163 Å². The van der Waals surface area contributed by atoms with Crippen LogP contribution in [0.5, 0.6) is 0 Å². The minimum absolute atomic E-state index is 0.0926. The number of rotatable bonds is 6. The number of benzene rings is 9. The summed E-state index contributed by atoms with van der Waals surface area (Å²) in [5.41, 5.74) is 21.1. The van der Waals surface area contributed by atoms with E-state index < -0.39 is 0 Å². The van der Waals surface area contributed by atoms with Gasteiger partial charge in [0.05, 0.1) is 0 Å². The van der Waals surface area contributed by atoms with Gasteiger partial charge >= 0.3 is 0 Å². The summed E-state index contributed by atoms with van der Waals surface area (Å²) in [5.74, 6) is 0. The van der Waals surface area contributed by atoms with Crippen molar-refractivity contribution in [2.24, 2.45) is 0 Å². The smallest absolute Gasteiger partial charge is 0.0468 e. The Balaban J connectivity index is 1.16. The van der Waals surface area contributed by atoms with E-state index in [0.717, 1.165) is 12.8 Å². The van der Waals surface area contributed by atoms with Crippen LogP contribution in [0.25, 0.3) is 72.1 Å². The minimum Gasteiger partial charge on any atom is -0.310 e. The molecule has 0 bridgehead atoms. The van der Waals surface area contributed by atoms with Crippen LogP contribution in [0.4, 0.5) is 17.1 Å². The zero-order valence-corrected chi connectivity index (χ0v) is 34.7. The number of anilines is 3. The summed E-state index contributed by atoms with van der Waals surface area (Å²) >= 11 is 0. The SMILES string of the molecule is Cc1ccc(N(c2ccc3c(c2)C2(CCCC2)c2ccccc2-3)c2ccc3c(c2)c2c(c4c(-c5ccccc5)cc(-c5ccccc5)c(-c5ccccc5)c43)C=CCC2)cc1. The Morgan fingerprint density at radius 2 is 1.07 bits per heavy atom. The first-order valence-corrected chi connectivity index (χ1v) is 22.2. The number of hydrogen-bond acceptors (Lipinski definition) is 1. The maximum Gasteiger partial charge on any atom is 0.0468 e. The van der Waals surface area contributed by atoms with E-state index in [0.29, 0.717) is 0 Å². The van der Waals surface area contributed by atoms with Crippen LogP contribution >= 0.6 is 0 Å². The highest BCUT2D eigenvalue weighted by molar-refractivity contribution is 6.25. The van der Waals surface area contributed by atoms with Crippen molar-refractivity contribution >= 4 is 44.7 Å². The third-order valence-corrected chi connectivity index (χ3v) is 14.1. The van der Waals surface area contributed by atoms with Crippen LogP contribution in [-0.4, -0.2) is 0 Å². The van der Waals surface area contributed by atoms with Crippen LogP contribution in [-0.2, 0) is 11.8 Å². The molecule has 9 aromatic carbocycles. The molecular formula is C60H47N. The van der Waals surface area contributed by atoms with Crippen LogP contribution in [0.1, 0.15) is 59.9 Å². The summed E-state index contributed by atoms with van der Waals surface area (Å²) < 4.78 is 0. The third-order valence-electron chi connectivity index (χ3n) is 14.1. The average Bonchev–Trinajstić information content (AvgIpc) is 3.93.